The lowest BCUT2D eigenvalue weighted by Gasteiger charge is -2.34. The van der Waals surface area contributed by atoms with Crippen molar-refractivity contribution in [3.63, 3.8) is 0 Å². The van der Waals surface area contributed by atoms with Crippen molar-refractivity contribution in [1.82, 2.24) is 25.5 Å². The van der Waals surface area contributed by atoms with E-state index in [9.17, 15) is 4.79 Å². The molecule has 1 saturated heterocycles. The maximum absolute atomic E-state index is 11.9. The average Bonchev–Trinajstić information content (AvgIpc) is 3.10. The normalized spacial score (nSPS) is 15.1. The second-order valence-electron chi connectivity index (χ2n) is 6.33. The minimum absolute atomic E-state index is 0.184. The van der Waals surface area contributed by atoms with E-state index in [1.54, 1.807) is 17.5 Å². The second kappa shape index (κ2) is 8.95. The number of likely N-dealkylation sites (N-methyl/N-ethyl adjacent to an activating group) is 1. The van der Waals surface area contributed by atoms with Crippen molar-refractivity contribution in [2.75, 3.05) is 37.6 Å². The number of carbonyl (C=O) groups is 1. The van der Waals surface area contributed by atoms with Gasteiger partial charge in [0.25, 0.3) is 0 Å². The molecule has 26 heavy (non-hydrogen) atoms. The second-order valence-corrected chi connectivity index (χ2v) is 7.65. The number of piperazine rings is 1. The maximum Gasteiger partial charge on any atom is 0.315 e. The van der Waals surface area contributed by atoms with Gasteiger partial charge in [-0.1, -0.05) is 13.0 Å². The van der Waals surface area contributed by atoms with Gasteiger partial charge in [0.05, 0.1) is 11.6 Å². The molecule has 7 nitrogen and oxygen atoms in total. The molecule has 0 atom stereocenters. The molecule has 3 heterocycles. The van der Waals surface area contributed by atoms with Gasteiger partial charge in [-0.25, -0.2) is 14.8 Å². The van der Waals surface area contributed by atoms with Crippen LogP contribution in [0, 0.1) is 6.92 Å². The van der Waals surface area contributed by atoms with E-state index in [4.69, 9.17) is 0 Å². The molecule has 0 saturated carbocycles. The maximum atomic E-state index is 11.9. The first kappa shape index (κ1) is 18.6. The van der Waals surface area contributed by atoms with E-state index < -0.39 is 0 Å². The van der Waals surface area contributed by atoms with Crippen LogP contribution >= 0.6 is 11.3 Å². The highest BCUT2D eigenvalue weighted by atomic mass is 32.1. The van der Waals surface area contributed by atoms with Gasteiger partial charge >= 0.3 is 6.03 Å². The van der Waals surface area contributed by atoms with Gasteiger partial charge in [-0.3, -0.25) is 0 Å². The molecule has 0 aromatic carbocycles. The van der Waals surface area contributed by atoms with Gasteiger partial charge in [0, 0.05) is 50.0 Å². The number of rotatable bonds is 6. The van der Waals surface area contributed by atoms with Crippen LogP contribution < -0.4 is 15.5 Å². The number of anilines is 1. The Morgan fingerprint density at radius 3 is 2.50 bits per heavy atom. The number of aryl methyl sites for hydroxylation is 1. The third-order valence-electron chi connectivity index (χ3n) is 4.50. The predicted octanol–water partition coefficient (Wildman–Crippen LogP) is 1.99. The molecule has 2 N–H and O–H groups in total. The zero-order chi connectivity index (χ0) is 18.4. The topological polar surface area (TPSA) is 73.4 Å². The molecule has 1 aliphatic heterocycles. The first-order chi connectivity index (χ1) is 12.6. The van der Waals surface area contributed by atoms with Crippen LogP contribution in [-0.4, -0.2) is 53.6 Å². The van der Waals surface area contributed by atoms with Gasteiger partial charge in [0.1, 0.15) is 5.82 Å². The van der Waals surface area contributed by atoms with E-state index in [1.165, 1.54) is 0 Å². The molecular formula is C18H26N6OS. The van der Waals surface area contributed by atoms with Gasteiger partial charge in [0.15, 0.2) is 0 Å². The first-order valence-corrected chi connectivity index (χ1v) is 9.81. The van der Waals surface area contributed by atoms with E-state index in [-0.39, 0.29) is 6.03 Å². The van der Waals surface area contributed by atoms with Crippen LogP contribution in [0.5, 0.6) is 0 Å². The van der Waals surface area contributed by atoms with Crippen LogP contribution in [0.15, 0.2) is 24.5 Å². The summed E-state index contributed by atoms with van der Waals surface area (Å²) in [7, 11) is 0. The number of carbonyl (C=O) groups excluding carboxylic acids is 1. The number of pyridine rings is 1. The van der Waals surface area contributed by atoms with Crippen LogP contribution in [0.3, 0.4) is 0 Å². The third kappa shape index (κ3) is 5.15. The Bertz CT molecular complexity index is 709. The van der Waals surface area contributed by atoms with Crippen molar-refractivity contribution in [2.45, 2.75) is 26.9 Å². The standard InChI is InChI=1S/C18H26N6OS/c1-3-23-6-8-24(9-7-23)17-5-4-15(10-20-17)11-21-18(25)22-13-16-12-19-14(2)26-16/h4-5,10,12H,3,6-9,11,13H2,1-2H3,(H2,21,22,25). The summed E-state index contributed by atoms with van der Waals surface area (Å²) in [6.07, 6.45) is 3.64. The first-order valence-electron chi connectivity index (χ1n) is 8.99. The molecule has 0 radical (unpaired) electrons. The van der Waals surface area contributed by atoms with E-state index in [2.05, 4.69) is 37.3 Å². The SMILES string of the molecule is CCN1CCN(c2ccc(CNC(=O)NCc3cnc(C)s3)cn2)CC1. The number of urea groups is 1. The summed E-state index contributed by atoms with van der Waals surface area (Å²) in [4.78, 5) is 26.4. The Morgan fingerprint density at radius 1 is 1.12 bits per heavy atom. The van der Waals surface area contributed by atoms with Crippen molar-refractivity contribution in [3.8, 4) is 0 Å². The highest BCUT2D eigenvalue weighted by Gasteiger charge is 2.16. The van der Waals surface area contributed by atoms with Crippen molar-refractivity contribution in [1.29, 1.82) is 0 Å². The van der Waals surface area contributed by atoms with E-state index in [0.29, 0.717) is 13.1 Å². The Labute approximate surface area is 158 Å². The Kier molecular flexibility index (Phi) is 6.40. The Balaban J connectivity index is 1.42. The fraction of sp³-hybridized carbons (Fsp3) is 0.500. The zero-order valence-electron chi connectivity index (χ0n) is 15.4. The van der Waals surface area contributed by atoms with Gasteiger partial charge in [0.2, 0.25) is 0 Å². The average molecular weight is 375 g/mol. The summed E-state index contributed by atoms with van der Waals surface area (Å²) in [6, 6.07) is 3.88. The fourth-order valence-corrected chi connectivity index (χ4v) is 3.64. The van der Waals surface area contributed by atoms with Gasteiger partial charge < -0.3 is 20.4 Å². The number of thiazole rings is 1. The number of amides is 2. The molecule has 2 amide bonds. The van der Waals surface area contributed by atoms with E-state index >= 15 is 0 Å². The van der Waals surface area contributed by atoms with Gasteiger partial charge in [-0.15, -0.1) is 11.3 Å². The van der Waals surface area contributed by atoms with Crippen molar-refractivity contribution in [2.24, 2.45) is 0 Å². The number of nitrogens with zero attached hydrogens (tertiary/aromatic N) is 4. The van der Waals surface area contributed by atoms with Crippen LogP contribution in [0.1, 0.15) is 22.4 Å². The van der Waals surface area contributed by atoms with Crippen LogP contribution in [0.25, 0.3) is 0 Å². The van der Waals surface area contributed by atoms with E-state index in [0.717, 1.165) is 54.0 Å². The Hall–Kier alpha value is -2.19. The highest BCUT2D eigenvalue weighted by Crippen LogP contribution is 2.14. The van der Waals surface area contributed by atoms with Crippen LogP contribution in [-0.2, 0) is 13.1 Å². The molecule has 140 valence electrons. The number of hydrogen-bond donors (Lipinski definition) is 2. The molecule has 0 bridgehead atoms. The molecule has 1 aliphatic rings. The fourth-order valence-electron chi connectivity index (χ4n) is 2.90. The summed E-state index contributed by atoms with van der Waals surface area (Å²) in [5, 5.41) is 6.71. The number of hydrogen-bond acceptors (Lipinski definition) is 6. The third-order valence-corrected chi connectivity index (χ3v) is 5.41. The molecule has 1 fully saturated rings. The lowest BCUT2D eigenvalue weighted by molar-refractivity contribution is 0.240. The van der Waals surface area contributed by atoms with Gasteiger partial charge in [-0.2, -0.15) is 0 Å². The number of aromatic nitrogens is 2. The summed E-state index contributed by atoms with van der Waals surface area (Å²) in [5.74, 6) is 1.01. The van der Waals surface area contributed by atoms with Crippen molar-refractivity contribution in [3.05, 3.63) is 40.0 Å². The minimum atomic E-state index is -0.184. The van der Waals surface area contributed by atoms with E-state index in [1.807, 2.05) is 25.3 Å². The highest BCUT2D eigenvalue weighted by molar-refractivity contribution is 7.11. The molecular weight excluding hydrogens is 348 g/mol. The number of nitrogens with one attached hydrogen (secondary N) is 2. The summed E-state index contributed by atoms with van der Waals surface area (Å²) < 4.78 is 0. The summed E-state index contributed by atoms with van der Waals surface area (Å²) in [6.45, 7) is 10.4. The van der Waals surface area contributed by atoms with Crippen LogP contribution in [0.2, 0.25) is 0 Å². The van der Waals surface area contributed by atoms with Crippen molar-refractivity contribution >= 4 is 23.2 Å². The lowest BCUT2D eigenvalue weighted by Crippen LogP contribution is -2.46. The monoisotopic (exact) mass is 374 g/mol. The molecule has 0 unspecified atom stereocenters. The lowest BCUT2D eigenvalue weighted by atomic mass is 10.2. The van der Waals surface area contributed by atoms with Gasteiger partial charge in [-0.05, 0) is 25.1 Å². The molecule has 2 aromatic heterocycles. The molecule has 8 heteroatoms. The minimum Gasteiger partial charge on any atom is -0.354 e. The zero-order valence-corrected chi connectivity index (χ0v) is 16.2. The smallest absolute Gasteiger partial charge is 0.315 e. The van der Waals surface area contributed by atoms with Crippen molar-refractivity contribution < 1.29 is 4.79 Å². The molecule has 3 rings (SSSR count). The molecule has 2 aromatic rings. The largest absolute Gasteiger partial charge is 0.354 e. The quantitative estimate of drug-likeness (QED) is 0.809. The summed E-state index contributed by atoms with van der Waals surface area (Å²) in [5.41, 5.74) is 0.990. The summed E-state index contributed by atoms with van der Waals surface area (Å²) >= 11 is 1.59. The molecule has 0 aliphatic carbocycles. The van der Waals surface area contributed by atoms with Crippen LogP contribution in [0.4, 0.5) is 10.6 Å². The predicted molar refractivity (Wildman–Crippen MR) is 104 cm³/mol. The molecule has 0 spiro atoms. The Morgan fingerprint density at radius 2 is 1.88 bits per heavy atom.